The van der Waals surface area contributed by atoms with E-state index >= 15 is 0 Å². The summed E-state index contributed by atoms with van der Waals surface area (Å²) in [5, 5.41) is 3.42. The van der Waals surface area contributed by atoms with Crippen molar-refractivity contribution in [3.63, 3.8) is 0 Å². The average Bonchev–Trinajstić information content (AvgIpc) is 2.23. The Kier molecular flexibility index (Phi) is 5.89. The summed E-state index contributed by atoms with van der Waals surface area (Å²) in [7, 11) is -2.99. The summed E-state index contributed by atoms with van der Waals surface area (Å²) in [5.41, 5.74) is 0. The first-order valence-electron chi connectivity index (χ1n) is 6.55. The predicted molar refractivity (Wildman–Crippen MR) is 71.5 cm³/mol. The molecule has 0 aromatic rings. The fourth-order valence-corrected chi connectivity index (χ4v) is 3.20. The Labute approximate surface area is 106 Å². The Morgan fingerprint density at radius 1 is 1.41 bits per heavy atom. The third-order valence-corrected chi connectivity index (χ3v) is 4.50. The first kappa shape index (κ1) is 14.9. The van der Waals surface area contributed by atoms with Crippen molar-refractivity contribution in [1.82, 2.24) is 9.62 Å². The summed E-state index contributed by atoms with van der Waals surface area (Å²) >= 11 is 0. The van der Waals surface area contributed by atoms with Gasteiger partial charge in [-0.05, 0) is 44.2 Å². The normalized spacial score (nSPS) is 23.2. The third kappa shape index (κ3) is 5.84. The fraction of sp³-hybridized carbons (Fsp3) is 1.00. The molecule has 0 aliphatic carbocycles. The first-order chi connectivity index (χ1) is 7.89. The van der Waals surface area contributed by atoms with Crippen LogP contribution < -0.4 is 5.32 Å². The highest BCUT2D eigenvalue weighted by molar-refractivity contribution is 7.88. The van der Waals surface area contributed by atoms with Gasteiger partial charge in [-0.1, -0.05) is 13.8 Å². The van der Waals surface area contributed by atoms with Crippen molar-refractivity contribution in [1.29, 1.82) is 0 Å². The molecule has 1 N–H and O–H groups in total. The fourth-order valence-electron chi connectivity index (χ4n) is 2.26. The minimum atomic E-state index is -2.99. The molecule has 4 nitrogen and oxygen atoms in total. The maximum absolute atomic E-state index is 11.5. The SMILES string of the molecule is CC(C)CNCCC1CCCN(S(C)(=O)=O)C1. The van der Waals surface area contributed by atoms with Crippen molar-refractivity contribution in [2.75, 3.05) is 32.4 Å². The number of sulfonamides is 1. The molecule has 0 aromatic carbocycles. The smallest absolute Gasteiger partial charge is 0.211 e. The van der Waals surface area contributed by atoms with Gasteiger partial charge < -0.3 is 5.32 Å². The lowest BCUT2D eigenvalue weighted by Gasteiger charge is -2.31. The van der Waals surface area contributed by atoms with Crippen molar-refractivity contribution in [2.45, 2.75) is 33.1 Å². The van der Waals surface area contributed by atoms with Gasteiger partial charge in [0.25, 0.3) is 0 Å². The lowest BCUT2D eigenvalue weighted by atomic mass is 9.96. The van der Waals surface area contributed by atoms with Gasteiger partial charge in [0.05, 0.1) is 6.26 Å². The zero-order valence-corrected chi connectivity index (χ0v) is 12.1. The van der Waals surface area contributed by atoms with Crippen LogP contribution in [0.3, 0.4) is 0 Å². The van der Waals surface area contributed by atoms with E-state index < -0.39 is 10.0 Å². The van der Waals surface area contributed by atoms with Crippen LogP contribution in [0.1, 0.15) is 33.1 Å². The quantitative estimate of drug-likeness (QED) is 0.734. The average molecular weight is 262 g/mol. The molecule has 1 aliphatic heterocycles. The predicted octanol–water partition coefficient (Wildman–Crippen LogP) is 1.29. The van der Waals surface area contributed by atoms with E-state index in [-0.39, 0.29) is 0 Å². The molecule has 0 amide bonds. The summed E-state index contributed by atoms with van der Waals surface area (Å²) in [5.74, 6) is 1.20. The highest BCUT2D eigenvalue weighted by atomic mass is 32.2. The molecule has 0 bridgehead atoms. The third-order valence-electron chi connectivity index (χ3n) is 3.23. The monoisotopic (exact) mass is 262 g/mol. The lowest BCUT2D eigenvalue weighted by Crippen LogP contribution is -2.40. The van der Waals surface area contributed by atoms with Crippen molar-refractivity contribution in [3.8, 4) is 0 Å². The number of nitrogens with one attached hydrogen (secondary N) is 1. The molecular weight excluding hydrogens is 236 g/mol. The second-order valence-electron chi connectivity index (χ2n) is 5.52. The Hall–Kier alpha value is -0.130. The zero-order chi connectivity index (χ0) is 12.9. The van der Waals surface area contributed by atoms with Gasteiger partial charge in [-0.25, -0.2) is 12.7 Å². The molecular formula is C12H26N2O2S. The Balaban J connectivity index is 2.26. The van der Waals surface area contributed by atoms with Gasteiger partial charge in [0.15, 0.2) is 0 Å². The molecule has 1 fully saturated rings. The molecule has 1 aliphatic rings. The number of hydrogen-bond donors (Lipinski definition) is 1. The van der Waals surface area contributed by atoms with Crippen molar-refractivity contribution in [3.05, 3.63) is 0 Å². The van der Waals surface area contributed by atoms with Gasteiger partial charge in [0.2, 0.25) is 10.0 Å². The van der Waals surface area contributed by atoms with E-state index in [0.29, 0.717) is 24.9 Å². The standard InChI is InChI=1S/C12H26N2O2S/c1-11(2)9-13-7-6-12-5-4-8-14(10-12)17(3,15)16/h11-13H,4-10H2,1-3H3. The van der Waals surface area contributed by atoms with E-state index in [2.05, 4.69) is 19.2 Å². The van der Waals surface area contributed by atoms with E-state index in [1.165, 1.54) is 6.26 Å². The summed E-state index contributed by atoms with van der Waals surface area (Å²) in [6, 6.07) is 0. The first-order valence-corrected chi connectivity index (χ1v) is 8.40. The summed E-state index contributed by atoms with van der Waals surface area (Å²) in [6.45, 7) is 7.85. The molecule has 1 unspecified atom stereocenters. The van der Waals surface area contributed by atoms with E-state index in [0.717, 1.165) is 32.4 Å². The zero-order valence-electron chi connectivity index (χ0n) is 11.3. The second-order valence-corrected chi connectivity index (χ2v) is 7.50. The van der Waals surface area contributed by atoms with Crippen molar-refractivity contribution in [2.24, 2.45) is 11.8 Å². The van der Waals surface area contributed by atoms with Gasteiger partial charge in [-0.2, -0.15) is 0 Å². The minimum absolute atomic E-state index is 0.526. The van der Waals surface area contributed by atoms with E-state index in [9.17, 15) is 8.42 Å². The molecule has 0 radical (unpaired) electrons. The summed E-state index contributed by atoms with van der Waals surface area (Å²) < 4.78 is 24.6. The number of hydrogen-bond acceptors (Lipinski definition) is 3. The van der Waals surface area contributed by atoms with Crippen molar-refractivity contribution < 1.29 is 8.42 Å². The maximum atomic E-state index is 11.5. The van der Waals surface area contributed by atoms with E-state index in [1.807, 2.05) is 0 Å². The molecule has 1 saturated heterocycles. The second kappa shape index (κ2) is 6.71. The molecule has 17 heavy (non-hydrogen) atoms. The van der Waals surface area contributed by atoms with Crippen molar-refractivity contribution >= 4 is 10.0 Å². The van der Waals surface area contributed by atoms with Crippen LogP contribution >= 0.6 is 0 Å². The van der Waals surface area contributed by atoms with Crippen LogP contribution in [0.5, 0.6) is 0 Å². The van der Waals surface area contributed by atoms with Crippen LogP contribution in [-0.4, -0.2) is 45.2 Å². The van der Waals surface area contributed by atoms with E-state index in [1.54, 1.807) is 4.31 Å². The van der Waals surface area contributed by atoms with Crippen LogP contribution in [0.15, 0.2) is 0 Å². The molecule has 102 valence electrons. The number of piperidine rings is 1. The maximum Gasteiger partial charge on any atom is 0.211 e. The van der Waals surface area contributed by atoms with Crippen LogP contribution in [0.2, 0.25) is 0 Å². The Bertz CT molecular complexity index is 314. The topological polar surface area (TPSA) is 49.4 Å². The highest BCUT2D eigenvalue weighted by Gasteiger charge is 2.25. The number of nitrogens with zero attached hydrogens (tertiary/aromatic N) is 1. The van der Waals surface area contributed by atoms with Crippen LogP contribution in [0.25, 0.3) is 0 Å². The largest absolute Gasteiger partial charge is 0.316 e. The Morgan fingerprint density at radius 2 is 2.12 bits per heavy atom. The van der Waals surface area contributed by atoms with E-state index in [4.69, 9.17) is 0 Å². The molecule has 1 heterocycles. The minimum Gasteiger partial charge on any atom is -0.316 e. The highest BCUT2D eigenvalue weighted by Crippen LogP contribution is 2.20. The van der Waals surface area contributed by atoms with Gasteiger partial charge in [-0.3, -0.25) is 0 Å². The molecule has 0 saturated carbocycles. The molecule has 0 spiro atoms. The van der Waals surface area contributed by atoms with Gasteiger partial charge in [0.1, 0.15) is 0 Å². The molecule has 0 aromatic heterocycles. The van der Waals surface area contributed by atoms with Crippen LogP contribution in [0.4, 0.5) is 0 Å². The molecule has 5 heteroatoms. The summed E-state index contributed by atoms with van der Waals surface area (Å²) in [6.07, 6.45) is 4.56. The van der Waals surface area contributed by atoms with Crippen LogP contribution in [0, 0.1) is 11.8 Å². The van der Waals surface area contributed by atoms with Gasteiger partial charge in [0, 0.05) is 13.1 Å². The number of rotatable bonds is 6. The van der Waals surface area contributed by atoms with Crippen LogP contribution in [-0.2, 0) is 10.0 Å². The summed E-state index contributed by atoms with van der Waals surface area (Å²) in [4.78, 5) is 0. The van der Waals surface area contributed by atoms with Gasteiger partial charge in [-0.15, -0.1) is 0 Å². The molecule has 1 atom stereocenters. The Morgan fingerprint density at radius 3 is 2.71 bits per heavy atom. The lowest BCUT2D eigenvalue weighted by molar-refractivity contribution is 0.255. The van der Waals surface area contributed by atoms with Gasteiger partial charge >= 0.3 is 0 Å². The molecule has 1 rings (SSSR count).